The van der Waals surface area contributed by atoms with Crippen molar-refractivity contribution in [1.82, 2.24) is 0 Å². The first kappa shape index (κ1) is 14.4. The lowest BCUT2D eigenvalue weighted by atomic mass is 9.95. The van der Waals surface area contributed by atoms with E-state index in [2.05, 4.69) is 36.9 Å². The van der Waals surface area contributed by atoms with Crippen LogP contribution in [0.4, 0.5) is 5.69 Å². The molecule has 0 radical (unpaired) electrons. The number of rotatable bonds is 4. The molecule has 1 fully saturated rings. The number of ether oxygens (including phenoxy) is 1. The smallest absolute Gasteiger partial charge is 0.0772 e. The van der Waals surface area contributed by atoms with Gasteiger partial charge in [0.25, 0.3) is 0 Å². The number of piperidine rings is 1. The van der Waals surface area contributed by atoms with E-state index in [-0.39, 0.29) is 0 Å². The lowest BCUT2D eigenvalue weighted by Crippen LogP contribution is -2.43. The van der Waals surface area contributed by atoms with Crippen LogP contribution in [0.3, 0.4) is 0 Å². The number of nitrogens with zero attached hydrogens (tertiary/aromatic N) is 1. The van der Waals surface area contributed by atoms with Gasteiger partial charge in [0.05, 0.1) is 6.10 Å². The van der Waals surface area contributed by atoms with Crippen LogP contribution < -0.4 is 10.6 Å². The second kappa shape index (κ2) is 6.40. The van der Waals surface area contributed by atoms with Crippen LogP contribution in [0.2, 0.25) is 0 Å². The number of aryl methyl sites for hydroxylation is 1. The predicted octanol–water partition coefficient (Wildman–Crippen LogP) is 2.36. The molecule has 0 saturated carbocycles. The summed E-state index contributed by atoms with van der Waals surface area (Å²) in [5.74, 6) is 0.652. The third-order valence-electron chi connectivity index (χ3n) is 4.30. The summed E-state index contributed by atoms with van der Waals surface area (Å²) in [5.41, 5.74) is 9.65. The Kier molecular flexibility index (Phi) is 4.83. The van der Waals surface area contributed by atoms with Gasteiger partial charge in [-0.2, -0.15) is 0 Å². The zero-order valence-corrected chi connectivity index (χ0v) is 12.4. The second-order valence-corrected chi connectivity index (χ2v) is 5.64. The highest BCUT2D eigenvalue weighted by molar-refractivity contribution is 5.51. The molecule has 2 rings (SSSR count). The highest BCUT2D eigenvalue weighted by atomic mass is 16.5. The maximum absolute atomic E-state index is 5.63. The molecule has 2 N–H and O–H groups in total. The molecular formula is C16H26N2O. The summed E-state index contributed by atoms with van der Waals surface area (Å²) < 4.78 is 5.59. The molecule has 0 aliphatic carbocycles. The van der Waals surface area contributed by atoms with Crippen LogP contribution in [0.15, 0.2) is 18.2 Å². The predicted molar refractivity (Wildman–Crippen MR) is 80.7 cm³/mol. The van der Waals surface area contributed by atoms with Crippen LogP contribution in [-0.2, 0) is 11.2 Å². The average Bonchev–Trinajstić information content (AvgIpc) is 2.42. The number of hydrogen-bond donors (Lipinski definition) is 1. The van der Waals surface area contributed by atoms with Gasteiger partial charge in [-0.05, 0) is 55.5 Å². The summed E-state index contributed by atoms with van der Waals surface area (Å²) in [6, 6.07) is 6.73. The van der Waals surface area contributed by atoms with Crippen molar-refractivity contribution in [2.75, 3.05) is 31.6 Å². The molecule has 1 aromatic carbocycles. The first-order valence-electron chi connectivity index (χ1n) is 7.23. The van der Waals surface area contributed by atoms with Crippen molar-refractivity contribution in [2.24, 2.45) is 11.7 Å². The van der Waals surface area contributed by atoms with E-state index in [1.54, 1.807) is 0 Å². The van der Waals surface area contributed by atoms with Gasteiger partial charge in [-0.25, -0.2) is 0 Å². The molecular weight excluding hydrogens is 236 g/mol. The van der Waals surface area contributed by atoms with Crippen LogP contribution in [-0.4, -0.2) is 32.8 Å². The molecule has 3 nitrogen and oxygen atoms in total. The quantitative estimate of drug-likeness (QED) is 0.905. The number of nitrogens with two attached hydrogens (primary N) is 1. The maximum Gasteiger partial charge on any atom is 0.0772 e. The van der Waals surface area contributed by atoms with E-state index in [1.807, 2.05) is 7.11 Å². The largest absolute Gasteiger partial charge is 0.379 e. The van der Waals surface area contributed by atoms with Gasteiger partial charge in [0.1, 0.15) is 0 Å². The first-order valence-corrected chi connectivity index (χ1v) is 7.23. The maximum atomic E-state index is 5.63. The summed E-state index contributed by atoms with van der Waals surface area (Å²) in [7, 11) is 1.82. The van der Waals surface area contributed by atoms with Crippen molar-refractivity contribution in [3.63, 3.8) is 0 Å². The molecule has 0 amide bonds. The van der Waals surface area contributed by atoms with E-state index in [4.69, 9.17) is 10.5 Å². The number of hydrogen-bond acceptors (Lipinski definition) is 3. The molecule has 0 aromatic heterocycles. The van der Waals surface area contributed by atoms with Gasteiger partial charge in [0.15, 0.2) is 0 Å². The normalized spacial score (nSPS) is 23.7. The molecule has 0 bridgehead atoms. The first-order chi connectivity index (χ1) is 9.15. The minimum absolute atomic E-state index is 0.345. The van der Waals surface area contributed by atoms with Crippen LogP contribution in [0.25, 0.3) is 0 Å². The van der Waals surface area contributed by atoms with Crippen LogP contribution in [0, 0.1) is 12.8 Å². The van der Waals surface area contributed by atoms with Gasteiger partial charge >= 0.3 is 0 Å². The van der Waals surface area contributed by atoms with Gasteiger partial charge in [-0.1, -0.05) is 13.0 Å². The molecule has 19 heavy (non-hydrogen) atoms. The summed E-state index contributed by atoms with van der Waals surface area (Å²) >= 11 is 0. The SMILES string of the molecule is COC1CN(c2ccc(CCN)c(C)c2)CCC1C. The minimum atomic E-state index is 0.345. The van der Waals surface area contributed by atoms with E-state index in [9.17, 15) is 0 Å². The van der Waals surface area contributed by atoms with Crippen molar-refractivity contribution < 1.29 is 4.74 Å². The lowest BCUT2D eigenvalue weighted by molar-refractivity contribution is 0.0498. The Morgan fingerprint density at radius 1 is 1.42 bits per heavy atom. The molecule has 1 aromatic rings. The fraction of sp³-hybridized carbons (Fsp3) is 0.625. The summed E-state index contributed by atoms with van der Waals surface area (Å²) in [4.78, 5) is 2.44. The molecule has 1 heterocycles. The average molecular weight is 262 g/mol. The summed E-state index contributed by atoms with van der Waals surface area (Å²) in [6.45, 7) is 7.28. The van der Waals surface area contributed by atoms with E-state index >= 15 is 0 Å². The van der Waals surface area contributed by atoms with Crippen LogP contribution >= 0.6 is 0 Å². The molecule has 1 aliphatic rings. The Morgan fingerprint density at radius 2 is 2.21 bits per heavy atom. The third kappa shape index (κ3) is 3.28. The van der Waals surface area contributed by atoms with Gasteiger partial charge in [0, 0.05) is 25.9 Å². The standard InChI is InChI=1S/C16H26N2O/c1-12-7-9-18(11-16(12)19-3)15-5-4-14(6-8-17)13(2)10-15/h4-5,10,12,16H,6-9,11,17H2,1-3H3. The summed E-state index contributed by atoms with van der Waals surface area (Å²) in [6.07, 6.45) is 2.50. The van der Waals surface area contributed by atoms with Crippen molar-refractivity contribution in [3.8, 4) is 0 Å². The highest BCUT2D eigenvalue weighted by Gasteiger charge is 2.26. The van der Waals surface area contributed by atoms with Gasteiger partial charge in [0.2, 0.25) is 0 Å². The van der Waals surface area contributed by atoms with Crippen LogP contribution in [0.1, 0.15) is 24.5 Å². The minimum Gasteiger partial charge on any atom is -0.379 e. The van der Waals surface area contributed by atoms with Crippen molar-refractivity contribution in [2.45, 2.75) is 32.8 Å². The van der Waals surface area contributed by atoms with E-state index in [0.717, 1.165) is 19.5 Å². The fourth-order valence-electron chi connectivity index (χ4n) is 2.89. The van der Waals surface area contributed by atoms with E-state index in [0.29, 0.717) is 18.6 Å². The summed E-state index contributed by atoms with van der Waals surface area (Å²) in [5, 5.41) is 0. The molecule has 1 saturated heterocycles. The molecule has 0 spiro atoms. The molecule has 2 unspecified atom stereocenters. The van der Waals surface area contributed by atoms with Gasteiger partial charge in [-0.3, -0.25) is 0 Å². The third-order valence-corrected chi connectivity index (χ3v) is 4.30. The van der Waals surface area contributed by atoms with Gasteiger partial charge < -0.3 is 15.4 Å². The number of benzene rings is 1. The lowest BCUT2D eigenvalue weighted by Gasteiger charge is -2.37. The number of methoxy groups -OCH3 is 1. The Bertz CT molecular complexity index is 419. The van der Waals surface area contributed by atoms with Crippen molar-refractivity contribution in [3.05, 3.63) is 29.3 Å². The molecule has 2 atom stereocenters. The Hall–Kier alpha value is -1.06. The van der Waals surface area contributed by atoms with Crippen molar-refractivity contribution in [1.29, 1.82) is 0 Å². The number of anilines is 1. The fourth-order valence-corrected chi connectivity index (χ4v) is 2.89. The highest BCUT2D eigenvalue weighted by Crippen LogP contribution is 2.26. The Balaban J connectivity index is 2.11. The molecule has 1 aliphatic heterocycles. The van der Waals surface area contributed by atoms with Crippen molar-refractivity contribution >= 4 is 5.69 Å². The zero-order chi connectivity index (χ0) is 13.8. The van der Waals surface area contributed by atoms with Gasteiger partial charge in [-0.15, -0.1) is 0 Å². The monoisotopic (exact) mass is 262 g/mol. The topological polar surface area (TPSA) is 38.5 Å². The molecule has 3 heteroatoms. The Labute approximate surface area is 116 Å². The second-order valence-electron chi connectivity index (χ2n) is 5.64. The Morgan fingerprint density at radius 3 is 2.84 bits per heavy atom. The van der Waals surface area contributed by atoms with E-state index in [1.165, 1.54) is 23.2 Å². The van der Waals surface area contributed by atoms with Crippen LogP contribution in [0.5, 0.6) is 0 Å². The molecule has 106 valence electrons. The van der Waals surface area contributed by atoms with E-state index < -0.39 is 0 Å². The zero-order valence-electron chi connectivity index (χ0n) is 12.4.